The molecule has 1 aromatic rings. The van der Waals surface area contributed by atoms with Gasteiger partial charge in [0.2, 0.25) is 0 Å². The molecule has 92 valence electrons. The van der Waals surface area contributed by atoms with Gasteiger partial charge in [0.25, 0.3) is 0 Å². The lowest BCUT2D eigenvalue weighted by molar-refractivity contribution is 0.322. The first-order chi connectivity index (χ1) is 7.20. The molecular weight excluding hydrogens is 226 g/mol. The third-order valence-electron chi connectivity index (χ3n) is 3.09. The quantitative estimate of drug-likeness (QED) is 0.877. The van der Waals surface area contributed by atoms with Gasteiger partial charge in [0.05, 0.1) is 5.69 Å². The number of rotatable bonds is 3. The van der Waals surface area contributed by atoms with Crippen LogP contribution < -0.4 is 5.73 Å². The van der Waals surface area contributed by atoms with Crippen LogP contribution in [0.5, 0.6) is 0 Å². The maximum Gasteiger partial charge on any atom is 0.138 e. The highest BCUT2D eigenvalue weighted by molar-refractivity contribution is 5.85. The molecule has 2 rings (SSSR count). The summed E-state index contributed by atoms with van der Waals surface area (Å²) in [5.74, 6) is 0.951. The Morgan fingerprint density at radius 2 is 2.31 bits per heavy atom. The molecule has 1 aliphatic rings. The Balaban J connectivity index is 0.00000128. The molecule has 0 bridgehead atoms. The van der Waals surface area contributed by atoms with Crippen molar-refractivity contribution in [1.82, 2.24) is 10.1 Å². The van der Waals surface area contributed by atoms with Gasteiger partial charge >= 0.3 is 0 Å². The van der Waals surface area contributed by atoms with Gasteiger partial charge < -0.3 is 10.3 Å². The molecule has 1 aromatic heterocycles. The van der Waals surface area contributed by atoms with Crippen LogP contribution in [0.4, 0.5) is 0 Å². The monoisotopic (exact) mass is 245 g/mol. The normalized spacial score (nSPS) is 21.1. The molecule has 5 heteroatoms. The van der Waals surface area contributed by atoms with E-state index in [9.17, 15) is 0 Å². The second-order valence-electron chi connectivity index (χ2n) is 4.30. The van der Waals surface area contributed by atoms with Crippen molar-refractivity contribution in [3.63, 3.8) is 0 Å². The predicted molar refractivity (Wildman–Crippen MR) is 65.7 cm³/mol. The van der Waals surface area contributed by atoms with Crippen molar-refractivity contribution in [2.75, 3.05) is 13.1 Å². The lowest BCUT2D eigenvalue weighted by Crippen LogP contribution is -2.26. The first-order valence-corrected chi connectivity index (χ1v) is 5.62. The SMILES string of the molecule is CCc1noc(C)c1CN1CCC(N)C1.Cl. The van der Waals surface area contributed by atoms with Crippen LogP contribution >= 0.6 is 12.4 Å². The molecule has 2 N–H and O–H groups in total. The molecule has 1 aliphatic heterocycles. The molecule has 1 atom stereocenters. The summed E-state index contributed by atoms with van der Waals surface area (Å²) >= 11 is 0. The average molecular weight is 246 g/mol. The highest BCUT2D eigenvalue weighted by Gasteiger charge is 2.22. The molecule has 0 aromatic carbocycles. The Hall–Kier alpha value is -0.580. The van der Waals surface area contributed by atoms with E-state index < -0.39 is 0 Å². The molecule has 0 aliphatic carbocycles. The van der Waals surface area contributed by atoms with Crippen molar-refractivity contribution >= 4 is 12.4 Å². The van der Waals surface area contributed by atoms with E-state index in [0.29, 0.717) is 6.04 Å². The molecule has 16 heavy (non-hydrogen) atoms. The van der Waals surface area contributed by atoms with Gasteiger partial charge in [0.15, 0.2) is 0 Å². The average Bonchev–Trinajstić information content (AvgIpc) is 2.76. The minimum Gasteiger partial charge on any atom is -0.361 e. The van der Waals surface area contributed by atoms with Gasteiger partial charge in [-0.05, 0) is 19.8 Å². The number of hydrogen-bond donors (Lipinski definition) is 1. The van der Waals surface area contributed by atoms with E-state index in [0.717, 1.165) is 43.9 Å². The van der Waals surface area contributed by atoms with Gasteiger partial charge in [-0.2, -0.15) is 0 Å². The molecule has 0 saturated carbocycles. The van der Waals surface area contributed by atoms with Crippen molar-refractivity contribution in [2.45, 2.75) is 39.3 Å². The third-order valence-corrected chi connectivity index (χ3v) is 3.09. The Labute approximate surface area is 103 Å². The smallest absolute Gasteiger partial charge is 0.138 e. The van der Waals surface area contributed by atoms with E-state index in [2.05, 4.69) is 17.0 Å². The number of nitrogens with zero attached hydrogens (tertiary/aromatic N) is 2. The molecule has 4 nitrogen and oxygen atoms in total. The van der Waals surface area contributed by atoms with Gasteiger partial charge in [-0.25, -0.2) is 0 Å². The van der Waals surface area contributed by atoms with Crippen LogP contribution in [0.25, 0.3) is 0 Å². The van der Waals surface area contributed by atoms with Crippen molar-refractivity contribution < 1.29 is 4.52 Å². The predicted octanol–water partition coefficient (Wildman–Crippen LogP) is 1.50. The van der Waals surface area contributed by atoms with Crippen LogP contribution in [0.3, 0.4) is 0 Å². The van der Waals surface area contributed by atoms with E-state index in [1.54, 1.807) is 0 Å². The van der Waals surface area contributed by atoms with Gasteiger partial charge in [-0.1, -0.05) is 12.1 Å². The fourth-order valence-electron chi connectivity index (χ4n) is 2.15. The van der Waals surface area contributed by atoms with Crippen LogP contribution in [-0.4, -0.2) is 29.2 Å². The molecule has 0 amide bonds. The van der Waals surface area contributed by atoms with Crippen molar-refractivity contribution in [1.29, 1.82) is 0 Å². The highest BCUT2D eigenvalue weighted by atomic mass is 35.5. The number of halogens is 1. The molecule has 1 saturated heterocycles. The number of aromatic nitrogens is 1. The van der Waals surface area contributed by atoms with Crippen LogP contribution in [0.1, 0.15) is 30.4 Å². The summed E-state index contributed by atoms with van der Waals surface area (Å²) in [6, 6.07) is 0.343. The zero-order valence-electron chi connectivity index (χ0n) is 9.90. The topological polar surface area (TPSA) is 55.3 Å². The van der Waals surface area contributed by atoms with E-state index in [1.807, 2.05) is 6.92 Å². The van der Waals surface area contributed by atoms with E-state index in [-0.39, 0.29) is 12.4 Å². The minimum absolute atomic E-state index is 0. The maximum absolute atomic E-state index is 5.88. The van der Waals surface area contributed by atoms with Gasteiger partial charge in [-0.3, -0.25) is 4.90 Å². The van der Waals surface area contributed by atoms with Crippen LogP contribution in [0.15, 0.2) is 4.52 Å². The molecular formula is C11H20ClN3O. The Bertz CT molecular complexity index is 340. The molecule has 2 heterocycles. The maximum atomic E-state index is 5.88. The molecule has 0 spiro atoms. The van der Waals surface area contributed by atoms with Crippen LogP contribution in [0.2, 0.25) is 0 Å². The van der Waals surface area contributed by atoms with Crippen LogP contribution in [0, 0.1) is 6.92 Å². The zero-order valence-corrected chi connectivity index (χ0v) is 10.7. The zero-order chi connectivity index (χ0) is 10.8. The summed E-state index contributed by atoms with van der Waals surface area (Å²) in [5, 5.41) is 4.06. The summed E-state index contributed by atoms with van der Waals surface area (Å²) in [7, 11) is 0. The first-order valence-electron chi connectivity index (χ1n) is 5.62. The Kier molecular flexibility index (Phi) is 4.77. The molecule has 1 fully saturated rings. The second kappa shape index (κ2) is 5.66. The first kappa shape index (κ1) is 13.5. The summed E-state index contributed by atoms with van der Waals surface area (Å²) in [6.45, 7) is 7.11. The fraction of sp³-hybridized carbons (Fsp3) is 0.727. The van der Waals surface area contributed by atoms with Crippen molar-refractivity contribution in [3.8, 4) is 0 Å². The molecule has 0 radical (unpaired) electrons. The number of aryl methyl sites for hydroxylation is 2. The van der Waals surface area contributed by atoms with E-state index in [1.165, 1.54) is 5.56 Å². The second-order valence-corrected chi connectivity index (χ2v) is 4.30. The van der Waals surface area contributed by atoms with E-state index in [4.69, 9.17) is 10.3 Å². The fourth-order valence-corrected chi connectivity index (χ4v) is 2.15. The van der Waals surface area contributed by atoms with Gasteiger partial charge in [0.1, 0.15) is 5.76 Å². The lowest BCUT2D eigenvalue weighted by Gasteiger charge is -2.14. The number of likely N-dealkylation sites (tertiary alicyclic amines) is 1. The minimum atomic E-state index is 0. The van der Waals surface area contributed by atoms with Crippen molar-refractivity contribution in [3.05, 3.63) is 17.0 Å². The lowest BCUT2D eigenvalue weighted by atomic mass is 10.1. The van der Waals surface area contributed by atoms with Crippen LogP contribution in [-0.2, 0) is 13.0 Å². The standard InChI is InChI=1S/C11H19N3O.ClH/c1-3-11-10(8(2)15-13-11)7-14-5-4-9(12)6-14;/h9H,3-7,12H2,1-2H3;1H. The van der Waals surface area contributed by atoms with E-state index >= 15 is 0 Å². The molecule has 1 unspecified atom stereocenters. The summed E-state index contributed by atoms with van der Waals surface area (Å²) in [6.07, 6.45) is 2.04. The summed E-state index contributed by atoms with van der Waals surface area (Å²) < 4.78 is 5.22. The third kappa shape index (κ3) is 2.75. The Morgan fingerprint density at radius 3 is 2.88 bits per heavy atom. The van der Waals surface area contributed by atoms with Crippen molar-refractivity contribution in [2.24, 2.45) is 5.73 Å². The van der Waals surface area contributed by atoms with Gasteiger partial charge in [-0.15, -0.1) is 12.4 Å². The summed E-state index contributed by atoms with van der Waals surface area (Å²) in [5.41, 5.74) is 8.23. The number of hydrogen-bond acceptors (Lipinski definition) is 4. The number of nitrogens with two attached hydrogens (primary N) is 1. The highest BCUT2D eigenvalue weighted by Crippen LogP contribution is 2.19. The van der Waals surface area contributed by atoms with Gasteiger partial charge in [0, 0.05) is 31.2 Å². The largest absolute Gasteiger partial charge is 0.361 e. The summed E-state index contributed by atoms with van der Waals surface area (Å²) in [4.78, 5) is 2.38. The Morgan fingerprint density at radius 1 is 1.56 bits per heavy atom.